The Balaban J connectivity index is 2.67. The molecular weight excluding hydrogens is 276 g/mol. The van der Waals surface area contributed by atoms with Crippen LogP contribution in [0.1, 0.15) is 19.5 Å². The fraction of sp³-hybridized carbons (Fsp3) is 0.692. The first kappa shape index (κ1) is 17.2. The van der Waals surface area contributed by atoms with Gasteiger partial charge < -0.3 is 14.8 Å². The molecule has 20 heavy (non-hydrogen) atoms. The molecule has 6 nitrogen and oxygen atoms in total. The zero-order valence-corrected chi connectivity index (χ0v) is 13.6. The molecule has 1 heterocycles. The van der Waals surface area contributed by atoms with Crippen molar-refractivity contribution in [2.24, 2.45) is 7.05 Å². The molecule has 0 aliphatic carbocycles. The van der Waals surface area contributed by atoms with Crippen LogP contribution in [-0.2, 0) is 23.6 Å². The van der Waals surface area contributed by atoms with Crippen molar-refractivity contribution < 1.29 is 8.42 Å². The lowest BCUT2D eigenvalue weighted by Crippen LogP contribution is -2.32. The van der Waals surface area contributed by atoms with Crippen molar-refractivity contribution >= 4 is 10.0 Å². The molecule has 0 amide bonds. The van der Waals surface area contributed by atoms with E-state index in [9.17, 15) is 8.42 Å². The van der Waals surface area contributed by atoms with Crippen LogP contribution in [0.25, 0.3) is 0 Å². The molecule has 1 aromatic heterocycles. The van der Waals surface area contributed by atoms with E-state index in [0.717, 1.165) is 18.8 Å². The third-order valence-electron chi connectivity index (χ3n) is 3.27. The lowest BCUT2D eigenvalue weighted by Gasteiger charge is -2.13. The highest BCUT2D eigenvalue weighted by molar-refractivity contribution is 7.89. The number of likely N-dealkylation sites (N-methyl/N-ethyl adjacent to an activating group) is 1. The summed E-state index contributed by atoms with van der Waals surface area (Å²) in [5, 5.41) is 3.19. The smallest absolute Gasteiger partial charge is 0.242 e. The minimum Gasteiger partial charge on any atom is -0.352 e. The van der Waals surface area contributed by atoms with E-state index < -0.39 is 10.0 Å². The van der Waals surface area contributed by atoms with E-state index in [2.05, 4.69) is 14.9 Å². The first-order valence-electron chi connectivity index (χ1n) is 6.94. The number of nitrogens with one attached hydrogen (secondary N) is 2. The summed E-state index contributed by atoms with van der Waals surface area (Å²) in [6, 6.07) is 1.72. The summed E-state index contributed by atoms with van der Waals surface area (Å²) in [6.07, 6.45) is 1.65. The summed E-state index contributed by atoms with van der Waals surface area (Å²) < 4.78 is 28.8. The average molecular weight is 302 g/mol. The molecule has 1 aromatic rings. The van der Waals surface area contributed by atoms with Gasteiger partial charge >= 0.3 is 0 Å². The molecule has 0 aromatic carbocycles. The highest BCUT2D eigenvalue weighted by Crippen LogP contribution is 2.13. The van der Waals surface area contributed by atoms with Gasteiger partial charge in [-0.05, 0) is 26.2 Å². The molecule has 116 valence electrons. The largest absolute Gasteiger partial charge is 0.352 e. The summed E-state index contributed by atoms with van der Waals surface area (Å²) in [5.41, 5.74) is 0.956. The van der Waals surface area contributed by atoms with Crippen LogP contribution < -0.4 is 10.0 Å². The van der Waals surface area contributed by atoms with Gasteiger partial charge in [0.15, 0.2) is 0 Å². The summed E-state index contributed by atoms with van der Waals surface area (Å²) in [7, 11) is 0.405. The summed E-state index contributed by atoms with van der Waals surface area (Å²) >= 11 is 0. The van der Waals surface area contributed by atoms with Gasteiger partial charge in [-0.25, -0.2) is 13.1 Å². The number of nitrogens with zero attached hydrogens (tertiary/aromatic N) is 2. The van der Waals surface area contributed by atoms with E-state index in [0.29, 0.717) is 24.5 Å². The Bertz CT molecular complexity index is 510. The zero-order valence-electron chi connectivity index (χ0n) is 12.8. The minimum absolute atomic E-state index is 0.326. The van der Waals surface area contributed by atoms with Gasteiger partial charge in [0.1, 0.15) is 0 Å². The SMILES string of the molecule is CCNCc1cc(S(=O)(=O)NCCN(C)CC)cn1C. The molecule has 0 fully saturated rings. The molecular formula is C13H26N4O2S. The number of sulfonamides is 1. The summed E-state index contributed by atoms with van der Waals surface area (Å²) in [5.74, 6) is 0. The predicted octanol–water partition coefficient (Wildman–Crippen LogP) is 0.365. The van der Waals surface area contributed by atoms with Crippen LogP contribution in [0, 0.1) is 0 Å². The van der Waals surface area contributed by atoms with Gasteiger partial charge in [0.2, 0.25) is 10.0 Å². The Labute approximate surface area is 122 Å². The van der Waals surface area contributed by atoms with E-state index in [1.54, 1.807) is 12.3 Å². The lowest BCUT2D eigenvalue weighted by molar-refractivity contribution is 0.358. The van der Waals surface area contributed by atoms with Crippen LogP contribution in [0.15, 0.2) is 17.2 Å². The van der Waals surface area contributed by atoms with Crippen LogP contribution in [0.4, 0.5) is 0 Å². The number of aromatic nitrogens is 1. The van der Waals surface area contributed by atoms with Crippen molar-refractivity contribution in [2.75, 3.05) is 33.2 Å². The van der Waals surface area contributed by atoms with E-state index in [1.807, 2.05) is 32.5 Å². The first-order valence-corrected chi connectivity index (χ1v) is 8.43. The maximum Gasteiger partial charge on any atom is 0.242 e. The van der Waals surface area contributed by atoms with Gasteiger partial charge in [-0.15, -0.1) is 0 Å². The summed E-state index contributed by atoms with van der Waals surface area (Å²) in [6.45, 7) is 7.61. The van der Waals surface area contributed by atoms with Gasteiger partial charge in [0.05, 0.1) is 4.90 Å². The minimum atomic E-state index is -3.42. The summed E-state index contributed by atoms with van der Waals surface area (Å²) in [4.78, 5) is 2.39. The molecule has 0 aliphatic heterocycles. The highest BCUT2D eigenvalue weighted by Gasteiger charge is 2.17. The van der Waals surface area contributed by atoms with Crippen molar-refractivity contribution in [3.8, 4) is 0 Å². The average Bonchev–Trinajstić information content (AvgIpc) is 2.78. The quantitative estimate of drug-likeness (QED) is 0.691. The fourth-order valence-corrected chi connectivity index (χ4v) is 2.88. The maximum atomic E-state index is 12.2. The molecule has 0 spiro atoms. The van der Waals surface area contributed by atoms with Gasteiger partial charge in [-0.2, -0.15) is 0 Å². The molecule has 0 saturated carbocycles. The highest BCUT2D eigenvalue weighted by atomic mass is 32.2. The fourth-order valence-electron chi connectivity index (χ4n) is 1.77. The monoisotopic (exact) mass is 302 g/mol. The Morgan fingerprint density at radius 2 is 2.05 bits per heavy atom. The van der Waals surface area contributed by atoms with Crippen LogP contribution in [0.3, 0.4) is 0 Å². The Morgan fingerprint density at radius 1 is 1.35 bits per heavy atom. The molecule has 2 N–H and O–H groups in total. The van der Waals surface area contributed by atoms with Gasteiger partial charge in [-0.3, -0.25) is 0 Å². The van der Waals surface area contributed by atoms with Crippen molar-refractivity contribution in [2.45, 2.75) is 25.3 Å². The number of hydrogen-bond donors (Lipinski definition) is 2. The van der Waals surface area contributed by atoms with Crippen molar-refractivity contribution in [3.05, 3.63) is 18.0 Å². The van der Waals surface area contributed by atoms with Crippen LogP contribution in [0.5, 0.6) is 0 Å². The van der Waals surface area contributed by atoms with Gasteiger partial charge in [0, 0.05) is 38.6 Å². The zero-order chi connectivity index (χ0) is 15.2. The molecule has 0 aliphatic rings. The second-order valence-corrected chi connectivity index (χ2v) is 6.62. The number of aryl methyl sites for hydroxylation is 1. The number of rotatable bonds is 9. The first-order chi connectivity index (χ1) is 9.40. The Hall–Kier alpha value is -0.890. The van der Waals surface area contributed by atoms with E-state index in [-0.39, 0.29) is 0 Å². The van der Waals surface area contributed by atoms with E-state index in [4.69, 9.17) is 0 Å². The van der Waals surface area contributed by atoms with Crippen LogP contribution >= 0.6 is 0 Å². The van der Waals surface area contributed by atoms with Gasteiger partial charge in [-0.1, -0.05) is 13.8 Å². The predicted molar refractivity (Wildman–Crippen MR) is 81.2 cm³/mol. The normalized spacial score (nSPS) is 12.2. The van der Waals surface area contributed by atoms with Crippen LogP contribution in [-0.4, -0.2) is 51.1 Å². The third-order valence-corrected chi connectivity index (χ3v) is 4.70. The maximum absolute atomic E-state index is 12.2. The van der Waals surface area contributed by atoms with Crippen molar-refractivity contribution in [1.29, 1.82) is 0 Å². The molecule has 0 radical (unpaired) electrons. The van der Waals surface area contributed by atoms with E-state index >= 15 is 0 Å². The molecule has 0 atom stereocenters. The molecule has 0 unspecified atom stereocenters. The number of hydrogen-bond acceptors (Lipinski definition) is 4. The lowest BCUT2D eigenvalue weighted by atomic mass is 10.4. The molecule has 0 bridgehead atoms. The second-order valence-electron chi connectivity index (χ2n) is 4.85. The molecule has 7 heteroatoms. The molecule has 1 rings (SSSR count). The Morgan fingerprint density at radius 3 is 2.65 bits per heavy atom. The van der Waals surface area contributed by atoms with E-state index in [1.165, 1.54) is 0 Å². The van der Waals surface area contributed by atoms with Crippen molar-refractivity contribution in [3.63, 3.8) is 0 Å². The topological polar surface area (TPSA) is 66.4 Å². The second kappa shape index (κ2) is 7.78. The van der Waals surface area contributed by atoms with Gasteiger partial charge in [0.25, 0.3) is 0 Å². The van der Waals surface area contributed by atoms with Crippen LogP contribution in [0.2, 0.25) is 0 Å². The molecule has 0 saturated heterocycles. The Kier molecular flexibility index (Phi) is 6.67. The third kappa shape index (κ3) is 4.90. The standard InChI is InChI=1S/C13H26N4O2S/c1-5-14-10-12-9-13(11-17(12)4)20(18,19)15-7-8-16(3)6-2/h9,11,14-15H,5-8,10H2,1-4H3. The van der Waals surface area contributed by atoms with Crippen molar-refractivity contribution in [1.82, 2.24) is 19.5 Å².